The molecule has 4 heteroatoms. The third-order valence-electron chi connectivity index (χ3n) is 1.38. The minimum absolute atomic E-state index is 0.0400. The fourth-order valence-electron chi connectivity index (χ4n) is 0.723. The number of rotatable bonds is 7. The Morgan fingerprint density at radius 1 is 1.31 bits per heavy atom. The van der Waals surface area contributed by atoms with Crippen molar-refractivity contribution in [1.82, 2.24) is 0 Å². The van der Waals surface area contributed by atoms with Crippen LogP contribution in [0.25, 0.3) is 0 Å². The van der Waals surface area contributed by atoms with Gasteiger partial charge in [-0.3, -0.25) is 4.79 Å². The van der Waals surface area contributed by atoms with Gasteiger partial charge in [-0.15, -0.1) is 0 Å². The Hall–Kier alpha value is -0.610. The van der Waals surface area contributed by atoms with Crippen molar-refractivity contribution in [1.29, 1.82) is 0 Å². The van der Waals surface area contributed by atoms with Crippen molar-refractivity contribution in [3.63, 3.8) is 0 Å². The average Bonchev–Trinajstić information content (AvgIpc) is 2.00. The zero-order valence-corrected chi connectivity index (χ0v) is 8.45. The molecule has 78 valence electrons. The molecule has 1 N–H and O–H groups in total. The van der Waals surface area contributed by atoms with E-state index in [4.69, 9.17) is 14.6 Å². The molecule has 0 aromatic carbocycles. The van der Waals surface area contributed by atoms with Gasteiger partial charge in [0.05, 0.1) is 31.8 Å². The second kappa shape index (κ2) is 6.86. The van der Waals surface area contributed by atoms with Crippen LogP contribution in [0.5, 0.6) is 0 Å². The standard InChI is InChI=1S/C9H18O4/c1-7(2)13-6-8(3)12-5-4-9(10)11/h7-8H,4-6H2,1-3H3,(H,10,11). The third kappa shape index (κ3) is 9.30. The van der Waals surface area contributed by atoms with Crippen molar-refractivity contribution in [3.05, 3.63) is 0 Å². The maximum Gasteiger partial charge on any atom is 0.305 e. The molecule has 0 spiro atoms. The summed E-state index contributed by atoms with van der Waals surface area (Å²) in [6.45, 7) is 6.52. The third-order valence-corrected chi connectivity index (χ3v) is 1.38. The van der Waals surface area contributed by atoms with Gasteiger partial charge >= 0.3 is 5.97 Å². The number of aliphatic carboxylic acids is 1. The van der Waals surface area contributed by atoms with E-state index in [1.165, 1.54) is 0 Å². The molecule has 4 nitrogen and oxygen atoms in total. The lowest BCUT2D eigenvalue weighted by molar-refractivity contribution is -0.139. The molecule has 0 saturated heterocycles. The molecule has 0 bridgehead atoms. The van der Waals surface area contributed by atoms with E-state index in [9.17, 15) is 4.79 Å². The smallest absolute Gasteiger partial charge is 0.305 e. The van der Waals surface area contributed by atoms with Gasteiger partial charge in [0.15, 0.2) is 0 Å². The largest absolute Gasteiger partial charge is 0.481 e. The molecule has 0 fully saturated rings. The second-order valence-electron chi connectivity index (χ2n) is 3.21. The van der Waals surface area contributed by atoms with Crippen LogP contribution in [0, 0.1) is 0 Å². The summed E-state index contributed by atoms with van der Waals surface area (Å²) in [5.74, 6) is -0.836. The summed E-state index contributed by atoms with van der Waals surface area (Å²) in [6.07, 6.45) is 0.193. The van der Waals surface area contributed by atoms with Crippen LogP contribution in [0.3, 0.4) is 0 Å². The minimum Gasteiger partial charge on any atom is -0.481 e. The molecule has 0 aliphatic carbocycles. The van der Waals surface area contributed by atoms with Crippen LogP contribution in [0.1, 0.15) is 27.2 Å². The molecular weight excluding hydrogens is 172 g/mol. The molecular formula is C9H18O4. The summed E-state index contributed by atoms with van der Waals surface area (Å²) in [5, 5.41) is 8.33. The van der Waals surface area contributed by atoms with Gasteiger partial charge in [-0.25, -0.2) is 0 Å². The van der Waals surface area contributed by atoms with E-state index in [-0.39, 0.29) is 25.2 Å². The van der Waals surface area contributed by atoms with E-state index < -0.39 is 5.97 Å². The predicted molar refractivity (Wildman–Crippen MR) is 48.8 cm³/mol. The van der Waals surface area contributed by atoms with Crippen LogP contribution in [-0.2, 0) is 14.3 Å². The minimum atomic E-state index is -0.836. The number of carbonyl (C=O) groups is 1. The first-order chi connectivity index (χ1) is 6.02. The fraction of sp³-hybridized carbons (Fsp3) is 0.889. The Morgan fingerprint density at radius 3 is 2.38 bits per heavy atom. The molecule has 0 saturated carbocycles. The Labute approximate surface area is 78.8 Å². The summed E-state index contributed by atoms with van der Waals surface area (Å²) in [5.41, 5.74) is 0. The van der Waals surface area contributed by atoms with Gasteiger partial charge in [0.25, 0.3) is 0 Å². The van der Waals surface area contributed by atoms with E-state index in [0.29, 0.717) is 6.61 Å². The monoisotopic (exact) mass is 190 g/mol. The summed E-state index contributed by atoms with van der Waals surface area (Å²) in [7, 11) is 0. The Bertz CT molecular complexity index is 145. The van der Waals surface area contributed by atoms with Gasteiger partial charge in [-0.2, -0.15) is 0 Å². The molecule has 0 aromatic rings. The summed E-state index contributed by atoms with van der Waals surface area (Å²) >= 11 is 0. The van der Waals surface area contributed by atoms with Crippen LogP contribution < -0.4 is 0 Å². The molecule has 0 radical (unpaired) electrons. The van der Waals surface area contributed by atoms with Gasteiger partial charge in [-0.05, 0) is 20.8 Å². The highest BCUT2D eigenvalue weighted by molar-refractivity contribution is 5.66. The lowest BCUT2D eigenvalue weighted by atomic mass is 10.4. The molecule has 0 rings (SSSR count). The van der Waals surface area contributed by atoms with E-state index in [1.807, 2.05) is 20.8 Å². The van der Waals surface area contributed by atoms with Gasteiger partial charge in [-0.1, -0.05) is 0 Å². The Balaban J connectivity index is 3.29. The average molecular weight is 190 g/mol. The maximum atomic E-state index is 10.1. The van der Waals surface area contributed by atoms with Crippen molar-refractivity contribution in [3.8, 4) is 0 Å². The molecule has 0 aliphatic rings. The number of hydrogen-bond donors (Lipinski definition) is 1. The van der Waals surface area contributed by atoms with Crippen molar-refractivity contribution in [2.45, 2.75) is 39.4 Å². The maximum absolute atomic E-state index is 10.1. The first-order valence-electron chi connectivity index (χ1n) is 4.47. The zero-order chi connectivity index (χ0) is 10.3. The first-order valence-corrected chi connectivity index (χ1v) is 4.47. The van der Waals surface area contributed by atoms with E-state index >= 15 is 0 Å². The van der Waals surface area contributed by atoms with Crippen LogP contribution in [0.15, 0.2) is 0 Å². The highest BCUT2D eigenvalue weighted by atomic mass is 16.5. The number of ether oxygens (including phenoxy) is 2. The molecule has 0 amide bonds. The molecule has 1 atom stereocenters. The predicted octanol–water partition coefficient (Wildman–Crippen LogP) is 1.29. The van der Waals surface area contributed by atoms with Crippen LogP contribution in [0.2, 0.25) is 0 Å². The zero-order valence-electron chi connectivity index (χ0n) is 8.45. The lowest BCUT2D eigenvalue weighted by Gasteiger charge is -2.14. The van der Waals surface area contributed by atoms with Gasteiger partial charge in [0.2, 0.25) is 0 Å². The number of hydrogen-bond acceptors (Lipinski definition) is 3. The SMILES string of the molecule is CC(C)OCC(C)OCCC(=O)O. The Kier molecular flexibility index (Phi) is 6.54. The molecule has 0 aliphatic heterocycles. The molecule has 0 aromatic heterocycles. The fourth-order valence-corrected chi connectivity index (χ4v) is 0.723. The van der Waals surface area contributed by atoms with E-state index in [1.54, 1.807) is 0 Å². The second-order valence-corrected chi connectivity index (χ2v) is 3.21. The summed E-state index contributed by atoms with van der Waals surface area (Å²) in [6, 6.07) is 0. The van der Waals surface area contributed by atoms with Crippen LogP contribution in [0.4, 0.5) is 0 Å². The highest BCUT2D eigenvalue weighted by Gasteiger charge is 2.04. The lowest BCUT2D eigenvalue weighted by Crippen LogP contribution is -2.20. The van der Waals surface area contributed by atoms with Crippen molar-refractivity contribution in [2.24, 2.45) is 0 Å². The Morgan fingerprint density at radius 2 is 1.92 bits per heavy atom. The van der Waals surface area contributed by atoms with Crippen molar-refractivity contribution in [2.75, 3.05) is 13.2 Å². The molecule has 0 heterocycles. The highest BCUT2D eigenvalue weighted by Crippen LogP contribution is 1.96. The van der Waals surface area contributed by atoms with Crippen LogP contribution in [-0.4, -0.2) is 36.5 Å². The van der Waals surface area contributed by atoms with Crippen LogP contribution >= 0.6 is 0 Å². The molecule has 13 heavy (non-hydrogen) atoms. The summed E-state index contributed by atoms with van der Waals surface area (Å²) < 4.78 is 10.5. The number of carboxylic acid groups (broad SMARTS) is 1. The topological polar surface area (TPSA) is 55.8 Å². The normalized spacial score (nSPS) is 13.2. The molecule has 1 unspecified atom stereocenters. The van der Waals surface area contributed by atoms with Crippen molar-refractivity contribution < 1.29 is 19.4 Å². The van der Waals surface area contributed by atoms with Gasteiger partial charge in [0.1, 0.15) is 0 Å². The summed E-state index contributed by atoms with van der Waals surface area (Å²) in [4.78, 5) is 10.1. The van der Waals surface area contributed by atoms with Crippen molar-refractivity contribution >= 4 is 5.97 Å². The van der Waals surface area contributed by atoms with E-state index in [2.05, 4.69) is 0 Å². The van der Waals surface area contributed by atoms with E-state index in [0.717, 1.165) is 0 Å². The van der Waals surface area contributed by atoms with Gasteiger partial charge in [0, 0.05) is 0 Å². The quantitative estimate of drug-likeness (QED) is 0.657. The number of carboxylic acids is 1. The first kappa shape index (κ1) is 12.4. The van der Waals surface area contributed by atoms with Gasteiger partial charge < -0.3 is 14.6 Å².